The van der Waals surface area contributed by atoms with Crippen molar-refractivity contribution < 1.29 is 24.4 Å². The van der Waals surface area contributed by atoms with Gasteiger partial charge in [0.1, 0.15) is 24.4 Å². The second kappa shape index (κ2) is 14.4. The van der Waals surface area contributed by atoms with Crippen molar-refractivity contribution in [3.05, 3.63) is 132 Å². The smallest absolute Gasteiger partial charge is 0.113 e. The highest BCUT2D eigenvalue weighted by atomic mass is 16.5. The lowest BCUT2D eigenvalue weighted by Gasteiger charge is -2.31. The zero-order valence-corrected chi connectivity index (χ0v) is 19.9. The molecule has 184 valence electrons. The summed E-state index contributed by atoms with van der Waals surface area (Å²) in [5, 5.41) is 21.2. The Morgan fingerprint density at radius 3 is 1.66 bits per heavy atom. The minimum absolute atomic E-state index is 0.211. The van der Waals surface area contributed by atoms with Gasteiger partial charge in [0.15, 0.2) is 0 Å². The highest BCUT2D eigenvalue weighted by Crippen LogP contribution is 2.22. The van der Waals surface area contributed by atoms with Gasteiger partial charge in [-0.25, -0.2) is 0 Å². The van der Waals surface area contributed by atoms with Crippen LogP contribution >= 0.6 is 0 Å². The van der Waals surface area contributed by atoms with Crippen molar-refractivity contribution in [3.63, 3.8) is 0 Å². The molecule has 35 heavy (non-hydrogen) atoms. The van der Waals surface area contributed by atoms with Gasteiger partial charge in [0.2, 0.25) is 0 Å². The third-order valence-corrected chi connectivity index (χ3v) is 5.63. The first-order valence-electron chi connectivity index (χ1n) is 11.7. The Balaban J connectivity index is 1.74. The molecular weight excluding hydrogens is 440 g/mol. The van der Waals surface area contributed by atoms with E-state index in [1.807, 2.05) is 91.0 Å². The van der Waals surface area contributed by atoms with E-state index in [1.54, 1.807) is 0 Å². The van der Waals surface area contributed by atoms with Crippen LogP contribution in [0.3, 0.4) is 0 Å². The van der Waals surface area contributed by atoms with E-state index in [0.29, 0.717) is 18.8 Å². The molecule has 5 nitrogen and oxygen atoms in total. The number of aliphatic hydroxyl groups is 2. The van der Waals surface area contributed by atoms with E-state index in [-0.39, 0.29) is 13.2 Å². The fourth-order valence-electron chi connectivity index (χ4n) is 3.58. The average Bonchev–Trinajstić information content (AvgIpc) is 2.91. The summed E-state index contributed by atoms with van der Waals surface area (Å²) in [6, 6.07) is 29.3. The predicted molar refractivity (Wildman–Crippen MR) is 137 cm³/mol. The third kappa shape index (κ3) is 8.58. The highest BCUT2D eigenvalue weighted by Gasteiger charge is 2.32. The Hall–Kier alpha value is -3.06. The number of hydrogen-bond acceptors (Lipinski definition) is 5. The van der Waals surface area contributed by atoms with Crippen LogP contribution in [0.2, 0.25) is 0 Å². The maximum Gasteiger partial charge on any atom is 0.113 e. The van der Waals surface area contributed by atoms with Crippen LogP contribution in [-0.2, 0) is 34.0 Å². The number of ether oxygens (including phenoxy) is 3. The highest BCUT2D eigenvalue weighted by molar-refractivity contribution is 5.18. The Morgan fingerprint density at radius 2 is 1.17 bits per heavy atom. The predicted octanol–water partition coefficient (Wildman–Crippen LogP) is 4.84. The molecule has 0 saturated carbocycles. The van der Waals surface area contributed by atoms with Crippen LogP contribution in [0.25, 0.3) is 0 Å². The van der Waals surface area contributed by atoms with Crippen molar-refractivity contribution >= 4 is 0 Å². The number of hydrogen-bond donors (Lipinski definition) is 2. The largest absolute Gasteiger partial charge is 0.387 e. The van der Waals surface area contributed by atoms with Gasteiger partial charge >= 0.3 is 0 Å². The van der Waals surface area contributed by atoms with Gasteiger partial charge in [-0.05, 0) is 22.3 Å². The molecule has 0 amide bonds. The standard InChI is InChI=1S/C30H34O5/c1-3-27(31)29(32)30(35-21-26-17-11-6-12-18-26)23(2)28(34-20-25-15-9-5-10-16-25)22-33-19-24-13-7-4-8-14-24/h3-18,27-32H,1-2,19-22H2/t27-,28-,29+,30+/m1/s1. The van der Waals surface area contributed by atoms with Crippen molar-refractivity contribution in [1.29, 1.82) is 0 Å². The van der Waals surface area contributed by atoms with E-state index in [0.717, 1.165) is 16.7 Å². The molecule has 3 aromatic carbocycles. The lowest BCUT2D eigenvalue weighted by Crippen LogP contribution is -2.43. The van der Waals surface area contributed by atoms with Gasteiger partial charge in [0, 0.05) is 0 Å². The fraction of sp³-hybridized carbons (Fsp3) is 0.267. The zero-order chi connectivity index (χ0) is 24.9. The number of benzene rings is 3. The van der Waals surface area contributed by atoms with Gasteiger partial charge in [0.25, 0.3) is 0 Å². The normalized spacial score (nSPS) is 14.6. The summed E-state index contributed by atoms with van der Waals surface area (Å²) in [4.78, 5) is 0. The number of aliphatic hydroxyl groups excluding tert-OH is 2. The minimum atomic E-state index is -1.26. The molecule has 4 atom stereocenters. The van der Waals surface area contributed by atoms with Crippen molar-refractivity contribution in [2.45, 2.75) is 44.2 Å². The van der Waals surface area contributed by atoms with Crippen LogP contribution < -0.4 is 0 Å². The third-order valence-electron chi connectivity index (χ3n) is 5.63. The van der Waals surface area contributed by atoms with Crippen molar-refractivity contribution in [3.8, 4) is 0 Å². The zero-order valence-electron chi connectivity index (χ0n) is 19.9. The van der Waals surface area contributed by atoms with Gasteiger partial charge in [-0.15, -0.1) is 6.58 Å². The van der Waals surface area contributed by atoms with E-state index < -0.39 is 24.4 Å². The monoisotopic (exact) mass is 474 g/mol. The van der Waals surface area contributed by atoms with E-state index in [9.17, 15) is 10.2 Å². The Labute approximate surface area is 207 Å². The molecule has 0 radical (unpaired) electrons. The quantitative estimate of drug-likeness (QED) is 0.309. The Morgan fingerprint density at radius 1 is 0.714 bits per heavy atom. The van der Waals surface area contributed by atoms with Gasteiger partial charge in [-0.2, -0.15) is 0 Å². The van der Waals surface area contributed by atoms with Gasteiger partial charge in [0.05, 0.1) is 26.4 Å². The van der Waals surface area contributed by atoms with Crippen molar-refractivity contribution in [2.24, 2.45) is 0 Å². The molecule has 0 aliphatic rings. The van der Waals surface area contributed by atoms with E-state index in [2.05, 4.69) is 13.2 Å². The molecule has 0 aromatic heterocycles. The summed E-state index contributed by atoms with van der Waals surface area (Å²) >= 11 is 0. The second-order valence-electron chi connectivity index (χ2n) is 8.29. The summed E-state index contributed by atoms with van der Waals surface area (Å²) in [6.45, 7) is 9.00. The molecule has 0 heterocycles. The second-order valence-corrected chi connectivity index (χ2v) is 8.29. The van der Waals surface area contributed by atoms with Gasteiger partial charge in [-0.1, -0.05) is 104 Å². The van der Waals surface area contributed by atoms with Crippen molar-refractivity contribution in [2.75, 3.05) is 6.61 Å². The molecule has 5 heteroatoms. The summed E-state index contributed by atoms with van der Waals surface area (Å²) in [5.74, 6) is 0. The molecule has 0 aliphatic heterocycles. The molecule has 0 unspecified atom stereocenters. The molecule has 0 fully saturated rings. The maximum absolute atomic E-state index is 10.9. The number of rotatable bonds is 15. The van der Waals surface area contributed by atoms with Crippen LogP contribution in [0.15, 0.2) is 116 Å². The van der Waals surface area contributed by atoms with Crippen LogP contribution in [0, 0.1) is 0 Å². The molecule has 0 spiro atoms. The first-order chi connectivity index (χ1) is 17.1. The Kier molecular flexibility index (Phi) is 10.9. The SMILES string of the molecule is C=C[C@@H](O)[C@H](O)[C@@H](OCc1ccccc1)C(=C)[C@@H](COCc1ccccc1)OCc1ccccc1. The molecule has 0 bridgehead atoms. The maximum atomic E-state index is 10.9. The molecule has 3 aromatic rings. The summed E-state index contributed by atoms with van der Waals surface area (Å²) < 4.78 is 18.2. The molecule has 3 rings (SSSR count). The van der Waals surface area contributed by atoms with Crippen LogP contribution in [0.5, 0.6) is 0 Å². The molecule has 0 saturated heterocycles. The fourth-order valence-corrected chi connectivity index (χ4v) is 3.58. The topological polar surface area (TPSA) is 68.2 Å². The van der Waals surface area contributed by atoms with Gasteiger partial charge < -0.3 is 24.4 Å². The van der Waals surface area contributed by atoms with Gasteiger partial charge in [-0.3, -0.25) is 0 Å². The van der Waals surface area contributed by atoms with Crippen LogP contribution in [0.1, 0.15) is 16.7 Å². The van der Waals surface area contributed by atoms with E-state index in [1.165, 1.54) is 6.08 Å². The average molecular weight is 475 g/mol. The lowest BCUT2D eigenvalue weighted by atomic mass is 9.97. The van der Waals surface area contributed by atoms with E-state index >= 15 is 0 Å². The van der Waals surface area contributed by atoms with Crippen LogP contribution in [0.4, 0.5) is 0 Å². The first kappa shape index (κ1) is 26.5. The Bertz CT molecular complexity index is 1010. The van der Waals surface area contributed by atoms with E-state index in [4.69, 9.17) is 14.2 Å². The molecular formula is C30H34O5. The summed E-state index contributed by atoms with van der Waals surface area (Å²) in [6.07, 6.45) is -2.65. The first-order valence-corrected chi connectivity index (χ1v) is 11.7. The molecule has 0 aliphatic carbocycles. The minimum Gasteiger partial charge on any atom is -0.387 e. The summed E-state index contributed by atoms with van der Waals surface area (Å²) in [5.41, 5.74) is 3.46. The lowest BCUT2D eigenvalue weighted by molar-refractivity contribution is -0.0855. The summed E-state index contributed by atoms with van der Waals surface area (Å²) in [7, 11) is 0. The molecule has 2 N–H and O–H groups in total. The van der Waals surface area contributed by atoms with Crippen molar-refractivity contribution in [1.82, 2.24) is 0 Å². The van der Waals surface area contributed by atoms with Crippen LogP contribution in [-0.4, -0.2) is 41.2 Å².